The van der Waals surface area contributed by atoms with Crippen LogP contribution in [-0.2, 0) is 0 Å². The number of nitrogens with zero attached hydrogens (tertiary/aromatic N) is 1. The Morgan fingerprint density at radius 3 is 2.91 bits per heavy atom. The Hall–Kier alpha value is -1.98. The maximum Gasteiger partial charge on any atom is 0.256 e. The quantitative estimate of drug-likeness (QED) is 0.703. The van der Waals surface area contributed by atoms with Gasteiger partial charge in [-0.05, 0) is 36.8 Å². The second kappa shape index (κ2) is 6.85. The molecule has 0 aliphatic heterocycles. The van der Waals surface area contributed by atoms with Crippen molar-refractivity contribution in [1.29, 1.82) is 0 Å². The van der Waals surface area contributed by atoms with E-state index in [9.17, 15) is 5.11 Å². The van der Waals surface area contributed by atoms with Gasteiger partial charge in [-0.1, -0.05) is 36.0 Å². The first-order chi connectivity index (χ1) is 10.7. The third kappa shape index (κ3) is 3.81. The van der Waals surface area contributed by atoms with Crippen LogP contribution in [0.4, 0.5) is 0 Å². The first kappa shape index (κ1) is 14.9. The van der Waals surface area contributed by atoms with E-state index in [0.29, 0.717) is 11.0 Å². The molecule has 0 amide bonds. The van der Waals surface area contributed by atoms with Gasteiger partial charge in [-0.3, -0.25) is 0 Å². The Labute approximate surface area is 133 Å². The van der Waals surface area contributed by atoms with Gasteiger partial charge in [0.05, 0.1) is 6.10 Å². The summed E-state index contributed by atoms with van der Waals surface area (Å²) in [5.74, 6) is 1.24. The predicted molar refractivity (Wildman–Crippen MR) is 87.4 cm³/mol. The standard InChI is InChI=1S/C17H17NO3S/c1-12-5-4-6-14(9-12)20-10-13(19)11-22-17-18-15-7-2-3-8-16(15)21-17/h2-9,13,19H,10-11H2,1H3/t13-/m0/s1. The number of hydrogen-bond acceptors (Lipinski definition) is 5. The average molecular weight is 315 g/mol. The largest absolute Gasteiger partial charge is 0.491 e. The van der Waals surface area contributed by atoms with E-state index in [4.69, 9.17) is 9.15 Å². The highest BCUT2D eigenvalue weighted by Gasteiger charge is 2.10. The molecular weight excluding hydrogens is 298 g/mol. The monoisotopic (exact) mass is 315 g/mol. The van der Waals surface area contributed by atoms with Crippen LogP contribution in [0.2, 0.25) is 0 Å². The van der Waals surface area contributed by atoms with E-state index in [-0.39, 0.29) is 6.61 Å². The molecule has 3 rings (SSSR count). The van der Waals surface area contributed by atoms with E-state index in [1.165, 1.54) is 11.8 Å². The normalized spacial score (nSPS) is 12.5. The molecule has 1 N–H and O–H groups in total. The van der Waals surface area contributed by atoms with Gasteiger partial charge in [0.1, 0.15) is 17.9 Å². The molecule has 2 aromatic carbocycles. The van der Waals surface area contributed by atoms with Crippen molar-refractivity contribution in [3.8, 4) is 5.75 Å². The van der Waals surface area contributed by atoms with E-state index < -0.39 is 6.10 Å². The highest BCUT2D eigenvalue weighted by atomic mass is 32.2. The van der Waals surface area contributed by atoms with Gasteiger partial charge in [0.2, 0.25) is 0 Å². The molecule has 0 radical (unpaired) electrons. The lowest BCUT2D eigenvalue weighted by Crippen LogP contribution is -2.20. The summed E-state index contributed by atoms with van der Waals surface area (Å²) in [5, 5.41) is 10.6. The van der Waals surface area contributed by atoms with Gasteiger partial charge in [0.15, 0.2) is 5.58 Å². The third-order valence-electron chi connectivity index (χ3n) is 3.11. The number of rotatable bonds is 6. The van der Waals surface area contributed by atoms with Crippen LogP contribution in [0.1, 0.15) is 5.56 Å². The third-order valence-corrected chi connectivity index (χ3v) is 4.08. The molecule has 22 heavy (non-hydrogen) atoms. The Balaban J connectivity index is 1.50. The van der Waals surface area contributed by atoms with Crippen LogP contribution in [0, 0.1) is 6.92 Å². The fraction of sp³-hybridized carbons (Fsp3) is 0.235. The topological polar surface area (TPSA) is 55.5 Å². The van der Waals surface area contributed by atoms with Crippen LogP contribution >= 0.6 is 11.8 Å². The lowest BCUT2D eigenvalue weighted by atomic mass is 10.2. The van der Waals surface area contributed by atoms with Crippen LogP contribution in [0.25, 0.3) is 11.1 Å². The molecule has 0 bridgehead atoms. The van der Waals surface area contributed by atoms with Crippen LogP contribution < -0.4 is 4.74 Å². The molecule has 0 fully saturated rings. The number of thioether (sulfide) groups is 1. The zero-order valence-electron chi connectivity index (χ0n) is 12.2. The number of aliphatic hydroxyl groups is 1. The van der Waals surface area contributed by atoms with Crippen molar-refractivity contribution < 1.29 is 14.3 Å². The van der Waals surface area contributed by atoms with E-state index in [0.717, 1.165) is 22.4 Å². The zero-order valence-corrected chi connectivity index (χ0v) is 13.0. The Morgan fingerprint density at radius 2 is 2.09 bits per heavy atom. The van der Waals surface area contributed by atoms with Gasteiger partial charge in [-0.15, -0.1) is 0 Å². The molecule has 0 spiro atoms. The molecule has 5 heteroatoms. The minimum Gasteiger partial charge on any atom is -0.491 e. The summed E-state index contributed by atoms with van der Waals surface area (Å²) >= 11 is 1.38. The summed E-state index contributed by atoms with van der Waals surface area (Å²) in [7, 11) is 0. The fourth-order valence-electron chi connectivity index (χ4n) is 2.03. The van der Waals surface area contributed by atoms with Gasteiger partial charge >= 0.3 is 0 Å². The number of fused-ring (bicyclic) bond motifs is 1. The van der Waals surface area contributed by atoms with Gasteiger partial charge in [-0.2, -0.15) is 0 Å². The van der Waals surface area contributed by atoms with Crippen LogP contribution in [-0.4, -0.2) is 28.6 Å². The predicted octanol–water partition coefficient (Wildman–Crippen LogP) is 3.67. The molecule has 0 unspecified atom stereocenters. The van der Waals surface area contributed by atoms with E-state index in [1.54, 1.807) is 0 Å². The molecule has 114 valence electrons. The molecule has 1 atom stereocenters. The number of benzene rings is 2. The number of aromatic nitrogens is 1. The van der Waals surface area contributed by atoms with E-state index in [2.05, 4.69) is 4.98 Å². The summed E-state index contributed by atoms with van der Waals surface area (Å²) in [6.45, 7) is 2.25. The Bertz CT molecular complexity index is 723. The fourth-order valence-corrected chi connectivity index (χ4v) is 2.77. The Morgan fingerprint density at radius 1 is 1.23 bits per heavy atom. The van der Waals surface area contributed by atoms with Gasteiger partial charge in [0, 0.05) is 5.75 Å². The van der Waals surface area contributed by atoms with Crippen LogP contribution in [0.3, 0.4) is 0 Å². The highest BCUT2D eigenvalue weighted by Crippen LogP contribution is 2.23. The summed E-state index contributed by atoms with van der Waals surface area (Å²) in [4.78, 5) is 4.36. The van der Waals surface area contributed by atoms with Crippen molar-refractivity contribution in [1.82, 2.24) is 4.98 Å². The summed E-state index contributed by atoms with van der Waals surface area (Å²) in [5.41, 5.74) is 2.72. The Kier molecular flexibility index (Phi) is 4.65. The van der Waals surface area contributed by atoms with Crippen molar-refractivity contribution >= 4 is 22.9 Å². The molecule has 1 aromatic heterocycles. The van der Waals surface area contributed by atoms with Gasteiger partial charge in [0.25, 0.3) is 5.22 Å². The maximum absolute atomic E-state index is 10.0. The molecule has 4 nitrogen and oxygen atoms in total. The van der Waals surface area contributed by atoms with Crippen molar-refractivity contribution in [2.24, 2.45) is 0 Å². The smallest absolute Gasteiger partial charge is 0.256 e. The number of aliphatic hydroxyl groups excluding tert-OH is 1. The number of ether oxygens (including phenoxy) is 1. The maximum atomic E-state index is 10.0. The summed E-state index contributed by atoms with van der Waals surface area (Å²) in [6, 6.07) is 15.4. The second-order valence-corrected chi connectivity index (χ2v) is 6.01. The van der Waals surface area contributed by atoms with Gasteiger partial charge in [-0.25, -0.2) is 4.98 Å². The van der Waals surface area contributed by atoms with Crippen molar-refractivity contribution in [2.45, 2.75) is 18.3 Å². The molecule has 0 saturated heterocycles. The average Bonchev–Trinajstić information content (AvgIpc) is 2.94. The number of hydrogen-bond donors (Lipinski definition) is 1. The van der Waals surface area contributed by atoms with Crippen LogP contribution in [0.5, 0.6) is 5.75 Å². The molecular formula is C17H17NO3S. The zero-order chi connectivity index (χ0) is 15.4. The first-order valence-electron chi connectivity index (χ1n) is 7.06. The minimum absolute atomic E-state index is 0.247. The number of para-hydroxylation sites is 2. The van der Waals surface area contributed by atoms with Crippen molar-refractivity contribution in [2.75, 3.05) is 12.4 Å². The van der Waals surface area contributed by atoms with Gasteiger partial charge < -0.3 is 14.3 Å². The highest BCUT2D eigenvalue weighted by molar-refractivity contribution is 7.99. The van der Waals surface area contributed by atoms with Crippen molar-refractivity contribution in [3.63, 3.8) is 0 Å². The molecule has 3 aromatic rings. The summed E-state index contributed by atoms with van der Waals surface area (Å²) < 4.78 is 11.2. The molecule has 0 aliphatic rings. The SMILES string of the molecule is Cc1cccc(OC[C@H](O)CSc2nc3ccccc3o2)c1. The molecule has 0 saturated carbocycles. The lowest BCUT2D eigenvalue weighted by Gasteiger charge is -2.11. The first-order valence-corrected chi connectivity index (χ1v) is 8.05. The van der Waals surface area contributed by atoms with Crippen LogP contribution in [0.15, 0.2) is 58.2 Å². The minimum atomic E-state index is -0.583. The lowest BCUT2D eigenvalue weighted by molar-refractivity contribution is 0.126. The number of oxazole rings is 1. The molecule has 1 heterocycles. The van der Waals surface area contributed by atoms with Crippen molar-refractivity contribution in [3.05, 3.63) is 54.1 Å². The second-order valence-electron chi connectivity index (χ2n) is 5.04. The summed E-state index contributed by atoms with van der Waals surface area (Å²) in [6.07, 6.45) is -0.583. The number of aryl methyl sites for hydroxylation is 1. The van der Waals surface area contributed by atoms with E-state index in [1.807, 2.05) is 55.5 Å². The van der Waals surface area contributed by atoms with E-state index >= 15 is 0 Å². The molecule has 0 aliphatic carbocycles.